The van der Waals surface area contributed by atoms with Gasteiger partial charge >= 0.3 is 0 Å². The third kappa shape index (κ3) is 3.61. The number of thioether (sulfide) groups is 1. The molecule has 0 spiro atoms. The van der Waals surface area contributed by atoms with Crippen molar-refractivity contribution >= 4 is 29.2 Å². The first-order valence-corrected chi connectivity index (χ1v) is 9.93. The molecule has 4 nitrogen and oxygen atoms in total. The Morgan fingerprint density at radius 3 is 2.25 bits per heavy atom. The van der Waals surface area contributed by atoms with Crippen LogP contribution in [0.5, 0.6) is 0 Å². The standard InChI is InChI=1S/C19H29NO3S/c1-10(2)7-13-9-24-19-14(8-15(21)11(3)4)18(23)20(19)16(13)17(22)12(5)6/h10-12,14,19H,7-9H2,1-6H3/t14-,19-/m1/s1. The largest absolute Gasteiger partial charge is 0.299 e. The molecule has 2 rings (SSSR count). The Bertz CT molecular complexity index is 577. The van der Waals surface area contributed by atoms with E-state index in [1.54, 1.807) is 16.7 Å². The first-order valence-electron chi connectivity index (χ1n) is 8.88. The molecule has 24 heavy (non-hydrogen) atoms. The molecule has 0 saturated carbocycles. The van der Waals surface area contributed by atoms with E-state index < -0.39 is 0 Å². The average molecular weight is 352 g/mol. The van der Waals surface area contributed by atoms with Crippen molar-refractivity contribution in [2.75, 3.05) is 5.75 Å². The summed E-state index contributed by atoms with van der Waals surface area (Å²) in [5.74, 6) is 0.917. The van der Waals surface area contributed by atoms with Gasteiger partial charge in [0.2, 0.25) is 5.91 Å². The van der Waals surface area contributed by atoms with Gasteiger partial charge in [-0.3, -0.25) is 19.3 Å². The minimum atomic E-state index is -0.263. The number of carbonyl (C=O) groups excluding carboxylic acids is 3. The van der Waals surface area contributed by atoms with E-state index in [9.17, 15) is 14.4 Å². The van der Waals surface area contributed by atoms with Crippen LogP contribution in [-0.4, -0.2) is 33.5 Å². The molecule has 5 heteroatoms. The summed E-state index contributed by atoms with van der Waals surface area (Å²) < 4.78 is 0. The van der Waals surface area contributed by atoms with Gasteiger partial charge in [-0.15, -0.1) is 11.8 Å². The number of carbonyl (C=O) groups is 3. The molecule has 2 atom stereocenters. The highest BCUT2D eigenvalue weighted by Crippen LogP contribution is 2.47. The van der Waals surface area contributed by atoms with Crippen molar-refractivity contribution in [1.29, 1.82) is 0 Å². The molecule has 0 aromatic carbocycles. The monoisotopic (exact) mass is 351 g/mol. The topological polar surface area (TPSA) is 54.5 Å². The van der Waals surface area contributed by atoms with Crippen LogP contribution >= 0.6 is 11.8 Å². The summed E-state index contributed by atoms with van der Waals surface area (Å²) in [6.07, 6.45) is 1.14. The van der Waals surface area contributed by atoms with Crippen LogP contribution in [0.1, 0.15) is 54.4 Å². The van der Waals surface area contributed by atoms with Gasteiger partial charge < -0.3 is 0 Å². The number of Topliss-reactive ketones (excluding diaryl/α,β-unsaturated/α-hetero) is 2. The molecule has 0 aromatic rings. The van der Waals surface area contributed by atoms with E-state index in [1.807, 2.05) is 27.7 Å². The molecule has 0 bridgehead atoms. The van der Waals surface area contributed by atoms with Gasteiger partial charge in [-0.05, 0) is 17.9 Å². The molecule has 134 valence electrons. The summed E-state index contributed by atoms with van der Waals surface area (Å²) in [6, 6.07) is 0. The van der Waals surface area contributed by atoms with Crippen LogP contribution in [-0.2, 0) is 14.4 Å². The van der Waals surface area contributed by atoms with Crippen molar-refractivity contribution < 1.29 is 14.4 Å². The lowest BCUT2D eigenvalue weighted by molar-refractivity contribution is -0.151. The Labute approximate surface area is 149 Å². The maximum absolute atomic E-state index is 12.7. The first-order chi connectivity index (χ1) is 11.1. The highest BCUT2D eigenvalue weighted by Gasteiger charge is 2.53. The van der Waals surface area contributed by atoms with E-state index in [1.165, 1.54) is 0 Å². The van der Waals surface area contributed by atoms with Crippen molar-refractivity contribution in [1.82, 2.24) is 4.90 Å². The lowest BCUT2D eigenvalue weighted by atomic mass is 9.85. The number of allylic oxidation sites excluding steroid dienone is 1. The van der Waals surface area contributed by atoms with Gasteiger partial charge in [-0.25, -0.2) is 0 Å². The van der Waals surface area contributed by atoms with Crippen LogP contribution in [0, 0.1) is 23.7 Å². The normalized spacial score (nSPS) is 23.9. The fourth-order valence-corrected chi connectivity index (χ4v) is 4.66. The summed E-state index contributed by atoms with van der Waals surface area (Å²) in [5.41, 5.74) is 1.72. The SMILES string of the molecule is CC(C)CC1=C(C(=O)C(C)C)N2C(=O)[C@@H](CC(=O)C(C)C)[C@H]2SC1. The van der Waals surface area contributed by atoms with Gasteiger partial charge in [0.05, 0.1) is 17.0 Å². The van der Waals surface area contributed by atoms with E-state index in [0.29, 0.717) is 18.0 Å². The Morgan fingerprint density at radius 1 is 1.12 bits per heavy atom. The Kier molecular flexibility index (Phi) is 5.95. The highest BCUT2D eigenvalue weighted by molar-refractivity contribution is 8.00. The lowest BCUT2D eigenvalue weighted by Gasteiger charge is -2.50. The Morgan fingerprint density at radius 2 is 1.75 bits per heavy atom. The molecular formula is C19H29NO3S. The number of β-lactam (4-membered cyclic amide) rings is 1. The third-order valence-corrected chi connectivity index (χ3v) is 6.03. The van der Waals surface area contributed by atoms with Gasteiger partial charge in [0, 0.05) is 24.0 Å². The zero-order chi connectivity index (χ0) is 18.2. The number of hydrogen-bond donors (Lipinski definition) is 0. The van der Waals surface area contributed by atoms with Crippen molar-refractivity contribution in [3.05, 3.63) is 11.3 Å². The van der Waals surface area contributed by atoms with Gasteiger partial charge in [0.25, 0.3) is 0 Å². The number of fused-ring (bicyclic) bond motifs is 1. The summed E-state index contributed by atoms with van der Waals surface area (Å²) >= 11 is 1.70. The van der Waals surface area contributed by atoms with Crippen LogP contribution in [0.4, 0.5) is 0 Å². The molecule has 2 heterocycles. The van der Waals surface area contributed by atoms with Gasteiger partial charge in [0.1, 0.15) is 5.78 Å². The molecular weight excluding hydrogens is 322 g/mol. The van der Waals surface area contributed by atoms with E-state index >= 15 is 0 Å². The third-order valence-electron chi connectivity index (χ3n) is 4.63. The van der Waals surface area contributed by atoms with Crippen LogP contribution in [0.2, 0.25) is 0 Å². The molecule has 0 aromatic heterocycles. The molecule has 0 aliphatic carbocycles. The Balaban J connectivity index is 2.27. The molecule has 0 radical (unpaired) electrons. The molecule has 1 amide bonds. The second-order valence-corrected chi connectivity index (χ2v) is 9.02. The van der Waals surface area contributed by atoms with E-state index in [-0.39, 0.29) is 40.6 Å². The minimum Gasteiger partial charge on any atom is -0.299 e. The second kappa shape index (κ2) is 7.42. The van der Waals surface area contributed by atoms with Crippen LogP contribution in [0.3, 0.4) is 0 Å². The smallest absolute Gasteiger partial charge is 0.234 e. The second-order valence-electron chi connectivity index (χ2n) is 7.91. The average Bonchev–Trinajstić information content (AvgIpc) is 2.50. The number of hydrogen-bond acceptors (Lipinski definition) is 4. The summed E-state index contributed by atoms with van der Waals surface area (Å²) in [5, 5.41) is -0.0474. The van der Waals surface area contributed by atoms with Crippen molar-refractivity contribution in [3.63, 3.8) is 0 Å². The zero-order valence-corrected chi connectivity index (χ0v) is 16.4. The number of ketones is 2. The fraction of sp³-hybridized carbons (Fsp3) is 0.737. The summed E-state index contributed by atoms with van der Waals surface area (Å²) in [6.45, 7) is 11.7. The van der Waals surface area contributed by atoms with E-state index in [4.69, 9.17) is 0 Å². The fourth-order valence-electron chi connectivity index (χ4n) is 3.23. The van der Waals surface area contributed by atoms with Crippen molar-refractivity contribution in [2.24, 2.45) is 23.7 Å². The predicted octanol–water partition coefficient (Wildman–Crippen LogP) is 3.66. The zero-order valence-electron chi connectivity index (χ0n) is 15.6. The maximum atomic E-state index is 12.7. The van der Waals surface area contributed by atoms with Crippen LogP contribution in [0.25, 0.3) is 0 Å². The number of rotatable bonds is 7. The molecule has 0 unspecified atom stereocenters. The highest BCUT2D eigenvalue weighted by atomic mass is 32.2. The molecule has 2 aliphatic heterocycles. The summed E-state index contributed by atoms with van der Waals surface area (Å²) in [7, 11) is 0. The minimum absolute atomic E-state index is 0.0474. The van der Waals surface area contributed by atoms with Gasteiger partial charge in [-0.2, -0.15) is 0 Å². The van der Waals surface area contributed by atoms with Crippen molar-refractivity contribution in [3.8, 4) is 0 Å². The van der Waals surface area contributed by atoms with Crippen molar-refractivity contribution in [2.45, 2.75) is 59.8 Å². The molecule has 0 N–H and O–H groups in total. The van der Waals surface area contributed by atoms with Gasteiger partial charge in [0.15, 0.2) is 5.78 Å². The van der Waals surface area contributed by atoms with Crippen LogP contribution < -0.4 is 0 Å². The molecule has 1 saturated heterocycles. The number of amides is 1. The van der Waals surface area contributed by atoms with E-state index in [2.05, 4.69) is 13.8 Å². The van der Waals surface area contributed by atoms with E-state index in [0.717, 1.165) is 17.7 Å². The quantitative estimate of drug-likeness (QED) is 0.657. The summed E-state index contributed by atoms with van der Waals surface area (Å²) in [4.78, 5) is 39.2. The molecule has 2 aliphatic rings. The maximum Gasteiger partial charge on any atom is 0.234 e. The predicted molar refractivity (Wildman–Crippen MR) is 97.4 cm³/mol. The van der Waals surface area contributed by atoms with Gasteiger partial charge in [-0.1, -0.05) is 41.5 Å². The lowest BCUT2D eigenvalue weighted by Crippen LogP contribution is -2.62. The first kappa shape index (κ1) is 19.2. The van der Waals surface area contributed by atoms with Crippen LogP contribution in [0.15, 0.2) is 11.3 Å². The number of nitrogens with zero attached hydrogens (tertiary/aromatic N) is 1. The molecule has 1 fully saturated rings. The Hall–Kier alpha value is -1.10.